The summed E-state index contributed by atoms with van der Waals surface area (Å²) >= 11 is 0. The zero-order valence-electron chi connectivity index (χ0n) is 13.1. The third-order valence-electron chi connectivity index (χ3n) is 4.17. The Bertz CT molecular complexity index is 484. The van der Waals surface area contributed by atoms with Crippen LogP contribution in [0.5, 0.6) is 0 Å². The molecule has 1 aliphatic rings. The van der Waals surface area contributed by atoms with Crippen LogP contribution in [0.15, 0.2) is 18.2 Å². The number of rotatable bonds is 6. The lowest BCUT2D eigenvalue weighted by Crippen LogP contribution is -2.29. The average molecular weight is 274 g/mol. The maximum absolute atomic E-state index is 12.5. The molecule has 2 rings (SSSR count). The molecule has 0 radical (unpaired) electrons. The Hall–Kier alpha value is -1.51. The molecule has 0 heterocycles. The standard InChI is InChI=1S/C17H26N2O/c1-5-8-18-15-6-7-16(13(3)10-15)17(20)19(4)11-14-9-12(14)2/h6-7,10,12,14,18H,5,8-9,11H2,1-4H3. The monoisotopic (exact) mass is 274 g/mol. The van der Waals surface area contributed by atoms with Gasteiger partial charge in [0.1, 0.15) is 0 Å². The van der Waals surface area contributed by atoms with Gasteiger partial charge < -0.3 is 10.2 Å². The first-order valence-electron chi connectivity index (χ1n) is 7.63. The maximum atomic E-state index is 12.5. The van der Waals surface area contributed by atoms with Gasteiger partial charge in [0.15, 0.2) is 0 Å². The van der Waals surface area contributed by atoms with Gasteiger partial charge in [0, 0.05) is 31.4 Å². The average Bonchev–Trinajstić information content (AvgIpc) is 3.11. The SMILES string of the molecule is CCCNc1ccc(C(=O)N(C)CC2CC2C)c(C)c1. The predicted octanol–water partition coefficient (Wildman–Crippen LogP) is 3.54. The van der Waals surface area contributed by atoms with E-state index >= 15 is 0 Å². The van der Waals surface area contributed by atoms with Crippen molar-refractivity contribution in [1.29, 1.82) is 0 Å². The first-order chi connectivity index (χ1) is 9.52. The molecule has 1 aromatic carbocycles. The Labute approximate surface area is 122 Å². The second kappa shape index (κ2) is 6.29. The van der Waals surface area contributed by atoms with Gasteiger partial charge in [-0.15, -0.1) is 0 Å². The van der Waals surface area contributed by atoms with Crippen molar-refractivity contribution in [2.24, 2.45) is 11.8 Å². The Balaban J connectivity index is 2.01. The third kappa shape index (κ3) is 3.53. The molecule has 0 saturated heterocycles. The minimum absolute atomic E-state index is 0.142. The minimum Gasteiger partial charge on any atom is -0.385 e. The fourth-order valence-corrected chi connectivity index (χ4v) is 2.58. The molecule has 3 nitrogen and oxygen atoms in total. The summed E-state index contributed by atoms with van der Waals surface area (Å²) in [5, 5.41) is 3.35. The molecule has 1 fully saturated rings. The fraction of sp³-hybridized carbons (Fsp3) is 0.588. The summed E-state index contributed by atoms with van der Waals surface area (Å²) in [5.74, 6) is 1.63. The number of aryl methyl sites for hydroxylation is 1. The number of amides is 1. The quantitative estimate of drug-likeness (QED) is 0.860. The predicted molar refractivity (Wildman–Crippen MR) is 84.2 cm³/mol. The first kappa shape index (κ1) is 14.9. The van der Waals surface area contributed by atoms with E-state index < -0.39 is 0 Å². The number of anilines is 1. The summed E-state index contributed by atoms with van der Waals surface area (Å²) in [7, 11) is 1.91. The molecule has 2 unspecified atom stereocenters. The van der Waals surface area contributed by atoms with Gasteiger partial charge in [0.25, 0.3) is 5.91 Å². The Morgan fingerprint density at radius 3 is 2.70 bits per heavy atom. The summed E-state index contributed by atoms with van der Waals surface area (Å²) < 4.78 is 0. The van der Waals surface area contributed by atoms with Gasteiger partial charge in [-0.05, 0) is 55.4 Å². The molecular formula is C17H26N2O. The van der Waals surface area contributed by atoms with Gasteiger partial charge in [-0.25, -0.2) is 0 Å². The number of hydrogen-bond acceptors (Lipinski definition) is 2. The van der Waals surface area contributed by atoms with E-state index in [2.05, 4.69) is 25.2 Å². The van der Waals surface area contributed by atoms with Gasteiger partial charge >= 0.3 is 0 Å². The molecule has 20 heavy (non-hydrogen) atoms. The summed E-state index contributed by atoms with van der Waals surface area (Å²) in [5.41, 5.74) is 2.97. The molecule has 0 aromatic heterocycles. The van der Waals surface area contributed by atoms with Crippen LogP contribution in [0.4, 0.5) is 5.69 Å². The number of hydrogen-bond donors (Lipinski definition) is 1. The molecule has 1 aliphatic carbocycles. The normalized spacial score (nSPS) is 20.6. The van der Waals surface area contributed by atoms with E-state index in [0.717, 1.165) is 42.2 Å². The summed E-state index contributed by atoms with van der Waals surface area (Å²) in [4.78, 5) is 14.3. The van der Waals surface area contributed by atoms with Crippen molar-refractivity contribution in [2.45, 2.75) is 33.6 Å². The highest BCUT2D eigenvalue weighted by Gasteiger charge is 2.34. The van der Waals surface area contributed by atoms with Crippen LogP contribution >= 0.6 is 0 Å². The van der Waals surface area contributed by atoms with Gasteiger partial charge in [-0.1, -0.05) is 13.8 Å². The number of carbonyl (C=O) groups is 1. The minimum atomic E-state index is 0.142. The second-order valence-electron chi connectivity index (χ2n) is 6.12. The van der Waals surface area contributed by atoms with Crippen molar-refractivity contribution >= 4 is 11.6 Å². The topological polar surface area (TPSA) is 32.3 Å². The van der Waals surface area contributed by atoms with E-state index in [9.17, 15) is 4.79 Å². The van der Waals surface area contributed by atoms with Crippen LogP contribution in [0.25, 0.3) is 0 Å². The summed E-state index contributed by atoms with van der Waals surface area (Å²) in [6.07, 6.45) is 2.36. The summed E-state index contributed by atoms with van der Waals surface area (Å²) in [6.45, 7) is 8.26. The molecule has 1 N–H and O–H groups in total. The van der Waals surface area contributed by atoms with Crippen molar-refractivity contribution in [3.05, 3.63) is 29.3 Å². The third-order valence-corrected chi connectivity index (χ3v) is 4.17. The van der Waals surface area contributed by atoms with E-state index in [-0.39, 0.29) is 5.91 Å². The van der Waals surface area contributed by atoms with Crippen LogP contribution in [0.2, 0.25) is 0 Å². The smallest absolute Gasteiger partial charge is 0.253 e. The zero-order valence-corrected chi connectivity index (χ0v) is 13.1. The molecule has 2 atom stereocenters. The van der Waals surface area contributed by atoms with Crippen molar-refractivity contribution in [1.82, 2.24) is 4.90 Å². The van der Waals surface area contributed by atoms with Crippen molar-refractivity contribution in [2.75, 3.05) is 25.5 Å². The van der Waals surface area contributed by atoms with Crippen LogP contribution in [0.1, 0.15) is 42.6 Å². The van der Waals surface area contributed by atoms with Crippen molar-refractivity contribution < 1.29 is 4.79 Å². The van der Waals surface area contributed by atoms with E-state index in [1.807, 2.05) is 31.0 Å². The Morgan fingerprint density at radius 1 is 1.45 bits per heavy atom. The zero-order chi connectivity index (χ0) is 14.7. The number of carbonyl (C=O) groups excluding carboxylic acids is 1. The van der Waals surface area contributed by atoms with Crippen LogP contribution in [0, 0.1) is 18.8 Å². The molecule has 0 aliphatic heterocycles. The fourth-order valence-electron chi connectivity index (χ4n) is 2.58. The lowest BCUT2D eigenvalue weighted by molar-refractivity contribution is 0.0786. The van der Waals surface area contributed by atoms with Crippen LogP contribution in [-0.4, -0.2) is 30.9 Å². The van der Waals surface area contributed by atoms with Gasteiger partial charge in [-0.2, -0.15) is 0 Å². The van der Waals surface area contributed by atoms with Gasteiger partial charge in [-0.3, -0.25) is 4.79 Å². The van der Waals surface area contributed by atoms with E-state index in [0.29, 0.717) is 5.92 Å². The van der Waals surface area contributed by atoms with Crippen LogP contribution in [0.3, 0.4) is 0 Å². The molecule has 0 bridgehead atoms. The first-order valence-corrected chi connectivity index (χ1v) is 7.63. The number of benzene rings is 1. The number of nitrogens with zero attached hydrogens (tertiary/aromatic N) is 1. The maximum Gasteiger partial charge on any atom is 0.253 e. The van der Waals surface area contributed by atoms with Gasteiger partial charge in [0.05, 0.1) is 0 Å². The highest BCUT2D eigenvalue weighted by Crippen LogP contribution is 2.38. The second-order valence-corrected chi connectivity index (χ2v) is 6.12. The molecule has 1 saturated carbocycles. The molecule has 3 heteroatoms. The highest BCUT2D eigenvalue weighted by atomic mass is 16.2. The number of nitrogens with one attached hydrogen (secondary N) is 1. The highest BCUT2D eigenvalue weighted by molar-refractivity contribution is 5.96. The lowest BCUT2D eigenvalue weighted by Gasteiger charge is -2.19. The lowest BCUT2D eigenvalue weighted by atomic mass is 10.1. The molecule has 1 amide bonds. The largest absolute Gasteiger partial charge is 0.385 e. The molecular weight excluding hydrogens is 248 g/mol. The van der Waals surface area contributed by atoms with Crippen molar-refractivity contribution in [3.8, 4) is 0 Å². The van der Waals surface area contributed by atoms with Crippen LogP contribution < -0.4 is 5.32 Å². The van der Waals surface area contributed by atoms with E-state index in [4.69, 9.17) is 0 Å². The Kier molecular flexibility index (Phi) is 4.69. The van der Waals surface area contributed by atoms with E-state index in [1.165, 1.54) is 6.42 Å². The van der Waals surface area contributed by atoms with Gasteiger partial charge in [0.2, 0.25) is 0 Å². The van der Waals surface area contributed by atoms with E-state index in [1.54, 1.807) is 0 Å². The summed E-state index contributed by atoms with van der Waals surface area (Å²) in [6, 6.07) is 6.02. The molecule has 110 valence electrons. The Morgan fingerprint density at radius 2 is 2.15 bits per heavy atom. The molecule has 0 spiro atoms. The van der Waals surface area contributed by atoms with Crippen molar-refractivity contribution in [3.63, 3.8) is 0 Å². The molecule has 1 aromatic rings. The van der Waals surface area contributed by atoms with Crippen LogP contribution in [-0.2, 0) is 0 Å².